The van der Waals surface area contributed by atoms with Crippen molar-refractivity contribution in [3.63, 3.8) is 0 Å². The third kappa shape index (κ3) is 3.16. The Balaban J connectivity index is 1.87. The van der Waals surface area contributed by atoms with Gasteiger partial charge in [-0.1, -0.05) is 59.1 Å². The Labute approximate surface area is 168 Å². The van der Waals surface area contributed by atoms with Crippen LogP contribution in [0.25, 0.3) is 0 Å². The van der Waals surface area contributed by atoms with Crippen LogP contribution >= 0.6 is 23.2 Å². The summed E-state index contributed by atoms with van der Waals surface area (Å²) in [5.41, 5.74) is 2.05. The van der Waals surface area contributed by atoms with Crippen LogP contribution in [0.2, 0.25) is 10.0 Å². The number of nitrogens with zero attached hydrogens (tertiary/aromatic N) is 1. The number of para-hydroxylation sites is 2. The molecule has 0 saturated carbocycles. The minimum absolute atomic E-state index is 0.193. The molecule has 3 aromatic rings. The van der Waals surface area contributed by atoms with Crippen LogP contribution in [-0.4, -0.2) is 8.42 Å². The molecule has 1 heterocycles. The van der Waals surface area contributed by atoms with Gasteiger partial charge in [-0.05, 0) is 43.3 Å². The van der Waals surface area contributed by atoms with E-state index in [2.05, 4.69) is 0 Å². The van der Waals surface area contributed by atoms with Crippen LogP contribution in [0.4, 0.5) is 5.69 Å². The smallest absolute Gasteiger partial charge is 0.267 e. The van der Waals surface area contributed by atoms with Gasteiger partial charge in [-0.15, -0.1) is 0 Å². The van der Waals surface area contributed by atoms with Gasteiger partial charge >= 0.3 is 0 Å². The molecule has 4 nitrogen and oxygen atoms in total. The summed E-state index contributed by atoms with van der Waals surface area (Å²) in [5.74, 6) is 0.490. The summed E-state index contributed by atoms with van der Waals surface area (Å²) in [6.07, 6.45) is -0.872. The highest BCUT2D eigenvalue weighted by Gasteiger charge is 2.41. The molecule has 0 aliphatic carbocycles. The maximum Gasteiger partial charge on any atom is 0.267 e. The Kier molecular flexibility index (Phi) is 4.54. The lowest BCUT2D eigenvalue weighted by molar-refractivity contribution is 0.245. The number of fused-ring (bicyclic) bond motifs is 1. The van der Waals surface area contributed by atoms with E-state index in [1.165, 1.54) is 4.31 Å². The zero-order valence-electron chi connectivity index (χ0n) is 14.3. The van der Waals surface area contributed by atoms with Crippen LogP contribution in [-0.2, 0) is 10.0 Å². The summed E-state index contributed by atoms with van der Waals surface area (Å²) in [6, 6.07) is 18.7. The fraction of sp³-hybridized carbons (Fsp3) is 0.100. The molecule has 0 aromatic heterocycles. The third-order valence-electron chi connectivity index (χ3n) is 4.36. The number of aryl methyl sites for hydroxylation is 1. The minimum Gasteiger partial charge on any atom is -0.463 e. The summed E-state index contributed by atoms with van der Waals surface area (Å²) in [6.45, 7) is 1.91. The topological polar surface area (TPSA) is 46.6 Å². The van der Waals surface area contributed by atoms with Crippen LogP contribution in [0.15, 0.2) is 71.6 Å². The molecule has 7 heteroatoms. The molecule has 0 radical (unpaired) electrons. The highest BCUT2D eigenvalue weighted by molar-refractivity contribution is 7.92. The highest BCUT2D eigenvalue weighted by atomic mass is 35.5. The first-order valence-corrected chi connectivity index (χ1v) is 10.4. The second-order valence-corrected chi connectivity index (χ2v) is 8.85. The van der Waals surface area contributed by atoms with E-state index in [1.807, 2.05) is 6.92 Å². The van der Waals surface area contributed by atoms with Gasteiger partial charge in [0.15, 0.2) is 0 Å². The van der Waals surface area contributed by atoms with Gasteiger partial charge in [-0.25, -0.2) is 12.7 Å². The quantitative estimate of drug-likeness (QED) is 0.555. The number of sulfonamides is 1. The molecule has 0 saturated heterocycles. The van der Waals surface area contributed by atoms with E-state index in [0.717, 1.165) is 5.56 Å². The second kappa shape index (κ2) is 6.75. The molecule has 0 fully saturated rings. The first-order chi connectivity index (χ1) is 12.9. The fourth-order valence-electron chi connectivity index (χ4n) is 2.98. The van der Waals surface area contributed by atoms with Crippen molar-refractivity contribution in [3.05, 3.63) is 87.9 Å². The standard InChI is InChI=1S/C20H15Cl2NO3S/c1-13-6-9-15(10-7-13)27(24,25)23-18-4-2-3-5-19(18)26-20(23)14-8-11-16(21)17(22)12-14/h2-12,20H,1H3. The third-order valence-corrected chi connectivity index (χ3v) is 6.87. The Morgan fingerprint density at radius 1 is 0.926 bits per heavy atom. The van der Waals surface area contributed by atoms with Gasteiger partial charge < -0.3 is 4.74 Å². The number of anilines is 1. The largest absolute Gasteiger partial charge is 0.463 e. The Morgan fingerprint density at radius 2 is 1.63 bits per heavy atom. The van der Waals surface area contributed by atoms with Crippen LogP contribution in [0.3, 0.4) is 0 Å². The number of benzene rings is 3. The van der Waals surface area contributed by atoms with Crippen molar-refractivity contribution < 1.29 is 13.2 Å². The molecule has 4 rings (SSSR count). The maximum absolute atomic E-state index is 13.4. The van der Waals surface area contributed by atoms with Crippen molar-refractivity contribution in [2.45, 2.75) is 18.0 Å². The van der Waals surface area contributed by atoms with E-state index in [4.69, 9.17) is 27.9 Å². The van der Waals surface area contributed by atoms with Gasteiger partial charge in [-0.3, -0.25) is 0 Å². The average Bonchev–Trinajstić information content (AvgIpc) is 3.04. The number of hydrogen-bond donors (Lipinski definition) is 0. The van der Waals surface area contributed by atoms with Crippen LogP contribution in [0.5, 0.6) is 5.75 Å². The highest BCUT2D eigenvalue weighted by Crippen LogP contribution is 2.46. The van der Waals surface area contributed by atoms with Gasteiger partial charge in [0.1, 0.15) is 5.75 Å². The molecule has 1 atom stereocenters. The van der Waals surface area contributed by atoms with E-state index in [-0.39, 0.29) is 4.90 Å². The van der Waals surface area contributed by atoms with Crippen molar-refractivity contribution in [2.75, 3.05) is 4.31 Å². The monoisotopic (exact) mass is 419 g/mol. The van der Waals surface area contributed by atoms with E-state index < -0.39 is 16.3 Å². The van der Waals surface area contributed by atoms with Gasteiger partial charge in [-0.2, -0.15) is 0 Å². The van der Waals surface area contributed by atoms with Gasteiger partial charge in [0.05, 0.1) is 20.6 Å². The molecular formula is C20H15Cl2NO3S. The number of hydrogen-bond acceptors (Lipinski definition) is 3. The van der Waals surface area contributed by atoms with E-state index >= 15 is 0 Å². The molecule has 138 valence electrons. The van der Waals surface area contributed by atoms with Crippen molar-refractivity contribution in [1.29, 1.82) is 0 Å². The lowest BCUT2D eigenvalue weighted by Crippen LogP contribution is -2.33. The van der Waals surface area contributed by atoms with Gasteiger partial charge in [0.2, 0.25) is 6.23 Å². The number of ether oxygens (including phenoxy) is 1. The first-order valence-electron chi connectivity index (χ1n) is 8.20. The zero-order chi connectivity index (χ0) is 19.2. The fourth-order valence-corrected chi connectivity index (χ4v) is 4.82. The predicted octanol–water partition coefficient (Wildman–Crippen LogP) is 5.59. The Hall–Kier alpha value is -2.21. The maximum atomic E-state index is 13.4. The van der Waals surface area contributed by atoms with Gasteiger partial charge in [0, 0.05) is 5.56 Å². The molecule has 1 unspecified atom stereocenters. The number of rotatable bonds is 3. The van der Waals surface area contributed by atoms with Crippen LogP contribution in [0, 0.1) is 6.92 Å². The van der Waals surface area contributed by atoms with Gasteiger partial charge in [0.25, 0.3) is 10.0 Å². The molecule has 0 spiro atoms. The molecule has 0 bridgehead atoms. The number of halogens is 2. The SMILES string of the molecule is Cc1ccc(S(=O)(=O)N2c3ccccc3OC2c2ccc(Cl)c(Cl)c2)cc1. The molecular weight excluding hydrogens is 405 g/mol. The summed E-state index contributed by atoms with van der Waals surface area (Å²) < 4.78 is 34.1. The van der Waals surface area contributed by atoms with Crippen molar-refractivity contribution >= 4 is 38.9 Å². The summed E-state index contributed by atoms with van der Waals surface area (Å²) in [7, 11) is -3.86. The minimum atomic E-state index is -3.86. The van der Waals surface area contributed by atoms with Crippen molar-refractivity contribution in [3.8, 4) is 5.75 Å². The molecule has 1 aliphatic rings. The Morgan fingerprint density at radius 3 is 2.33 bits per heavy atom. The lowest BCUT2D eigenvalue weighted by atomic mass is 10.2. The average molecular weight is 420 g/mol. The molecule has 1 aliphatic heterocycles. The first kappa shape index (κ1) is 18.2. The van der Waals surface area contributed by atoms with Crippen LogP contribution in [0.1, 0.15) is 17.4 Å². The van der Waals surface area contributed by atoms with E-state index in [9.17, 15) is 8.42 Å². The second-order valence-electron chi connectivity index (χ2n) is 6.23. The predicted molar refractivity (Wildman–Crippen MR) is 107 cm³/mol. The zero-order valence-corrected chi connectivity index (χ0v) is 16.6. The molecule has 0 amide bonds. The van der Waals surface area contributed by atoms with Crippen LogP contribution < -0.4 is 9.04 Å². The normalized spacial score (nSPS) is 16.1. The molecule has 0 N–H and O–H groups in total. The van der Waals surface area contributed by atoms with E-state index in [1.54, 1.807) is 66.7 Å². The van der Waals surface area contributed by atoms with Crippen molar-refractivity contribution in [2.24, 2.45) is 0 Å². The summed E-state index contributed by atoms with van der Waals surface area (Å²) in [4.78, 5) is 0.193. The molecule has 27 heavy (non-hydrogen) atoms. The lowest BCUT2D eigenvalue weighted by Gasteiger charge is -2.25. The van der Waals surface area contributed by atoms with Crippen molar-refractivity contribution in [1.82, 2.24) is 0 Å². The summed E-state index contributed by atoms with van der Waals surface area (Å²) in [5, 5.41) is 0.727. The summed E-state index contributed by atoms with van der Waals surface area (Å²) >= 11 is 12.2. The van der Waals surface area contributed by atoms with E-state index in [0.29, 0.717) is 27.0 Å². The molecule has 3 aromatic carbocycles. The Bertz CT molecular complexity index is 1110.